The first-order valence-corrected chi connectivity index (χ1v) is 7.77. The molecule has 0 saturated carbocycles. The van der Waals surface area contributed by atoms with Gasteiger partial charge in [-0.3, -0.25) is 4.99 Å². The van der Waals surface area contributed by atoms with Crippen molar-refractivity contribution in [2.24, 2.45) is 4.99 Å². The average molecular weight is 328 g/mol. The van der Waals surface area contributed by atoms with Gasteiger partial charge in [-0.25, -0.2) is 4.39 Å². The first-order chi connectivity index (χ1) is 9.79. The molecule has 2 fully saturated rings. The predicted octanol–water partition coefficient (Wildman–Crippen LogP) is 0.969. The molecule has 0 amide bonds. The third-order valence-corrected chi connectivity index (χ3v) is 5.90. The minimum Gasteiger partial charge on any atom is -0.389 e. The van der Waals surface area contributed by atoms with Crippen molar-refractivity contribution in [1.82, 2.24) is 4.90 Å². The molecule has 0 aromatic carbocycles. The zero-order valence-corrected chi connectivity index (χ0v) is 11.8. The molecule has 2 saturated heterocycles. The summed E-state index contributed by atoms with van der Waals surface area (Å²) in [5, 5.41) is 17.0. The van der Waals surface area contributed by atoms with Crippen LogP contribution in [0.2, 0.25) is 0 Å². The van der Waals surface area contributed by atoms with Crippen molar-refractivity contribution < 1.29 is 27.8 Å². The summed E-state index contributed by atoms with van der Waals surface area (Å²) in [6.45, 7) is 1.66. The number of nitrogens with zero attached hydrogens (tertiary/aromatic N) is 2. The number of amidine groups is 1. The van der Waals surface area contributed by atoms with Crippen LogP contribution in [0, 0.1) is 0 Å². The smallest absolute Gasteiger partial charge is 0.389 e. The van der Waals surface area contributed by atoms with Gasteiger partial charge in [0.05, 0.1) is 11.3 Å². The van der Waals surface area contributed by atoms with Crippen LogP contribution in [-0.2, 0) is 0 Å². The van der Waals surface area contributed by atoms with E-state index in [9.17, 15) is 27.8 Å². The van der Waals surface area contributed by atoms with Crippen LogP contribution in [-0.4, -0.2) is 75.1 Å². The number of thioether (sulfide) groups is 1. The molecule has 3 rings (SSSR count). The number of likely N-dealkylation sites (tertiary alicyclic amines) is 1. The second-order valence-electron chi connectivity index (χ2n) is 5.64. The summed E-state index contributed by atoms with van der Waals surface area (Å²) in [6, 6.07) is -0.822. The number of fused-ring (bicyclic) bond motifs is 1. The van der Waals surface area contributed by atoms with E-state index in [0.717, 1.165) is 31.3 Å². The summed E-state index contributed by atoms with van der Waals surface area (Å²) in [6.07, 6.45) is -9.93. The van der Waals surface area contributed by atoms with Gasteiger partial charge in [0.1, 0.15) is 11.9 Å². The third kappa shape index (κ3) is 2.63. The molecule has 6 atom stereocenters. The van der Waals surface area contributed by atoms with E-state index < -0.39 is 41.1 Å². The van der Waals surface area contributed by atoms with Gasteiger partial charge in [0.25, 0.3) is 0 Å². The molecule has 9 heteroatoms. The van der Waals surface area contributed by atoms with Gasteiger partial charge in [-0.2, -0.15) is 13.2 Å². The summed E-state index contributed by atoms with van der Waals surface area (Å²) in [4.78, 5) is 6.22. The number of aliphatic imine (C=N–C) groups is 1. The summed E-state index contributed by atoms with van der Waals surface area (Å²) < 4.78 is 52.1. The second kappa shape index (κ2) is 5.27. The molecule has 2 N–H and O–H groups in total. The molecule has 120 valence electrons. The van der Waals surface area contributed by atoms with Gasteiger partial charge in [0.15, 0.2) is 12.3 Å². The highest BCUT2D eigenvalue weighted by Crippen LogP contribution is 2.45. The van der Waals surface area contributed by atoms with Gasteiger partial charge >= 0.3 is 6.18 Å². The Bertz CT molecular complexity index is 443. The van der Waals surface area contributed by atoms with E-state index >= 15 is 0 Å². The highest BCUT2D eigenvalue weighted by atomic mass is 32.2. The van der Waals surface area contributed by atoms with Crippen molar-refractivity contribution in [3.05, 3.63) is 0 Å². The SMILES string of the molecule is O[C@@H]1C([C@@H](O)C(F)(F)F)S[C@@H]2CC(N3CCC3)=N[C@@H]2[C@H]1F. The minimum atomic E-state index is -4.87. The van der Waals surface area contributed by atoms with Crippen LogP contribution in [0.3, 0.4) is 0 Å². The van der Waals surface area contributed by atoms with Gasteiger partial charge in [0, 0.05) is 24.8 Å². The van der Waals surface area contributed by atoms with Crippen LogP contribution in [0.15, 0.2) is 4.99 Å². The van der Waals surface area contributed by atoms with Crippen molar-refractivity contribution in [3.8, 4) is 0 Å². The first kappa shape index (κ1) is 15.4. The largest absolute Gasteiger partial charge is 0.415 e. The molecule has 1 unspecified atom stereocenters. The summed E-state index contributed by atoms with van der Waals surface area (Å²) in [5.74, 6) is 0.709. The topological polar surface area (TPSA) is 56.1 Å². The number of halogens is 4. The maximum absolute atomic E-state index is 14.2. The third-order valence-electron chi connectivity index (χ3n) is 4.25. The van der Waals surface area contributed by atoms with E-state index in [0.29, 0.717) is 12.3 Å². The molecular weight excluding hydrogens is 312 g/mol. The van der Waals surface area contributed by atoms with Crippen LogP contribution in [0.1, 0.15) is 12.8 Å². The van der Waals surface area contributed by atoms with Crippen molar-refractivity contribution in [2.75, 3.05) is 13.1 Å². The number of aliphatic hydroxyl groups excluding tert-OH is 2. The number of hydrogen-bond donors (Lipinski definition) is 2. The normalized spacial score (nSPS) is 41.3. The lowest BCUT2D eigenvalue weighted by atomic mass is 9.98. The fraction of sp³-hybridized carbons (Fsp3) is 0.917. The summed E-state index contributed by atoms with van der Waals surface area (Å²) in [7, 11) is 0. The molecule has 3 aliphatic rings. The van der Waals surface area contributed by atoms with Crippen LogP contribution < -0.4 is 0 Å². The van der Waals surface area contributed by atoms with E-state index in [-0.39, 0.29) is 0 Å². The Morgan fingerprint density at radius 1 is 1.33 bits per heavy atom. The highest BCUT2D eigenvalue weighted by molar-refractivity contribution is 8.00. The second-order valence-corrected chi connectivity index (χ2v) is 7.06. The lowest BCUT2D eigenvalue weighted by molar-refractivity contribution is -0.210. The van der Waals surface area contributed by atoms with Gasteiger partial charge in [-0.1, -0.05) is 0 Å². The van der Waals surface area contributed by atoms with Crippen molar-refractivity contribution >= 4 is 17.6 Å². The molecule has 0 bridgehead atoms. The van der Waals surface area contributed by atoms with Crippen LogP contribution in [0.4, 0.5) is 17.6 Å². The van der Waals surface area contributed by atoms with Crippen LogP contribution in [0.5, 0.6) is 0 Å². The molecular formula is C12H16F4N2O2S. The first-order valence-electron chi connectivity index (χ1n) is 6.83. The molecule has 21 heavy (non-hydrogen) atoms. The highest BCUT2D eigenvalue weighted by Gasteiger charge is 2.56. The Morgan fingerprint density at radius 2 is 2.00 bits per heavy atom. The van der Waals surface area contributed by atoms with Gasteiger partial charge in [0.2, 0.25) is 0 Å². The Morgan fingerprint density at radius 3 is 2.52 bits per heavy atom. The van der Waals surface area contributed by atoms with Gasteiger partial charge in [-0.15, -0.1) is 11.8 Å². The zero-order valence-electron chi connectivity index (χ0n) is 11.0. The minimum absolute atomic E-state index is 0.392. The molecule has 0 spiro atoms. The van der Waals surface area contributed by atoms with Crippen LogP contribution in [0.25, 0.3) is 0 Å². The summed E-state index contributed by atoms with van der Waals surface area (Å²) in [5.41, 5.74) is 0. The van der Waals surface area contributed by atoms with E-state index in [1.807, 2.05) is 4.90 Å². The standard InChI is InChI=1S/C12H16F4N2O2S/c13-7-8-5(4-6(17-8)18-2-1-3-18)21-10(9(7)19)11(20)12(14,15)16/h5,7-11,19-20H,1-4H2/t5-,7-,8+,9+,10?,11-/m1/s1. The quantitative estimate of drug-likeness (QED) is 0.705. The molecule has 3 heterocycles. The lowest BCUT2D eigenvalue weighted by Crippen LogP contribution is -2.55. The van der Waals surface area contributed by atoms with Crippen molar-refractivity contribution in [2.45, 2.75) is 53.9 Å². The Hall–Kier alpha value is -0.540. The Kier molecular flexibility index (Phi) is 3.86. The zero-order chi connectivity index (χ0) is 15.4. The average Bonchev–Trinajstić information content (AvgIpc) is 2.73. The maximum atomic E-state index is 14.2. The van der Waals surface area contributed by atoms with E-state index in [1.54, 1.807) is 0 Å². The molecule has 3 aliphatic heterocycles. The van der Waals surface area contributed by atoms with Gasteiger partial charge in [-0.05, 0) is 6.42 Å². The molecule has 0 aliphatic carbocycles. The van der Waals surface area contributed by atoms with Crippen LogP contribution >= 0.6 is 11.8 Å². The number of alkyl halides is 4. The van der Waals surface area contributed by atoms with E-state index in [1.165, 1.54) is 0 Å². The number of aliphatic hydroxyl groups is 2. The van der Waals surface area contributed by atoms with Crippen molar-refractivity contribution in [3.63, 3.8) is 0 Å². The summed E-state index contributed by atoms with van der Waals surface area (Å²) >= 11 is 0.803. The molecule has 0 radical (unpaired) electrons. The maximum Gasteiger partial charge on any atom is 0.415 e. The van der Waals surface area contributed by atoms with E-state index in [4.69, 9.17) is 0 Å². The lowest BCUT2D eigenvalue weighted by Gasteiger charge is -2.39. The number of hydrogen-bond acceptors (Lipinski definition) is 5. The Labute approximate surface area is 123 Å². The fourth-order valence-electron chi connectivity index (χ4n) is 2.91. The molecule has 0 aromatic heterocycles. The van der Waals surface area contributed by atoms with Gasteiger partial charge < -0.3 is 15.1 Å². The van der Waals surface area contributed by atoms with Crippen molar-refractivity contribution in [1.29, 1.82) is 0 Å². The molecule has 0 aromatic rings. The Balaban J connectivity index is 1.74. The fourth-order valence-corrected chi connectivity index (χ4v) is 4.55. The molecule has 4 nitrogen and oxygen atoms in total. The van der Waals surface area contributed by atoms with E-state index in [2.05, 4.69) is 4.99 Å². The monoisotopic (exact) mass is 328 g/mol. The predicted molar refractivity (Wildman–Crippen MR) is 70.2 cm³/mol. The number of rotatable bonds is 1.